The molecule has 1 aliphatic heterocycles. The predicted octanol–water partition coefficient (Wildman–Crippen LogP) is 3.39. The standard InChI is InChI=1S/C14H20N2O/c1-11-10-12(17-2)7-8-13(11)16-14-6-4-3-5-9-15-14/h7-8,10H,3-6,9H2,1-2H3,(H,15,16). The van der Waals surface area contributed by atoms with Gasteiger partial charge in [0.25, 0.3) is 0 Å². The van der Waals surface area contributed by atoms with Crippen LogP contribution in [0.3, 0.4) is 0 Å². The lowest BCUT2D eigenvalue weighted by atomic mass is 10.1. The zero-order chi connectivity index (χ0) is 12.1. The molecular formula is C14H20N2O. The van der Waals surface area contributed by atoms with E-state index in [9.17, 15) is 0 Å². The van der Waals surface area contributed by atoms with Gasteiger partial charge in [0.2, 0.25) is 0 Å². The Kier molecular flexibility index (Phi) is 4.02. The highest BCUT2D eigenvalue weighted by Gasteiger charge is 2.06. The number of amidine groups is 1. The third kappa shape index (κ3) is 3.22. The first-order valence-electron chi connectivity index (χ1n) is 6.24. The third-order valence-electron chi connectivity index (χ3n) is 3.09. The van der Waals surface area contributed by atoms with E-state index in [1.807, 2.05) is 12.1 Å². The normalized spacial score (nSPS) is 16.0. The third-order valence-corrected chi connectivity index (χ3v) is 3.09. The topological polar surface area (TPSA) is 33.6 Å². The van der Waals surface area contributed by atoms with Crippen LogP contribution in [-0.4, -0.2) is 19.5 Å². The van der Waals surface area contributed by atoms with E-state index in [-0.39, 0.29) is 0 Å². The van der Waals surface area contributed by atoms with Crippen molar-refractivity contribution < 1.29 is 4.74 Å². The summed E-state index contributed by atoms with van der Waals surface area (Å²) in [5.74, 6) is 2.02. The molecule has 0 bridgehead atoms. The van der Waals surface area contributed by atoms with E-state index in [4.69, 9.17) is 4.74 Å². The summed E-state index contributed by atoms with van der Waals surface area (Å²) in [6.45, 7) is 3.04. The van der Waals surface area contributed by atoms with E-state index < -0.39 is 0 Å². The molecule has 0 amide bonds. The van der Waals surface area contributed by atoms with Crippen LogP contribution in [0.15, 0.2) is 23.2 Å². The number of benzene rings is 1. The van der Waals surface area contributed by atoms with Crippen LogP contribution < -0.4 is 10.1 Å². The summed E-state index contributed by atoms with van der Waals surface area (Å²) >= 11 is 0. The van der Waals surface area contributed by atoms with E-state index in [0.717, 1.165) is 30.2 Å². The molecule has 0 spiro atoms. The number of hydrogen-bond donors (Lipinski definition) is 1. The summed E-state index contributed by atoms with van der Waals surface area (Å²) in [7, 11) is 1.69. The number of aliphatic imine (C=N–C) groups is 1. The van der Waals surface area contributed by atoms with Crippen LogP contribution in [0.5, 0.6) is 5.75 Å². The molecule has 1 heterocycles. The number of methoxy groups -OCH3 is 1. The van der Waals surface area contributed by atoms with E-state index in [1.54, 1.807) is 7.11 Å². The lowest BCUT2D eigenvalue weighted by molar-refractivity contribution is 0.414. The second-order valence-electron chi connectivity index (χ2n) is 4.44. The van der Waals surface area contributed by atoms with Crippen LogP contribution in [0.1, 0.15) is 31.2 Å². The van der Waals surface area contributed by atoms with E-state index in [1.165, 1.54) is 24.8 Å². The van der Waals surface area contributed by atoms with Gasteiger partial charge in [-0.05, 0) is 43.5 Å². The molecule has 1 N–H and O–H groups in total. The average molecular weight is 232 g/mol. The maximum absolute atomic E-state index is 5.20. The van der Waals surface area contributed by atoms with Crippen molar-refractivity contribution in [2.75, 3.05) is 19.0 Å². The molecule has 92 valence electrons. The molecule has 0 atom stereocenters. The van der Waals surface area contributed by atoms with Crippen LogP contribution in [-0.2, 0) is 0 Å². The van der Waals surface area contributed by atoms with Crippen LogP contribution in [0.25, 0.3) is 0 Å². The fraction of sp³-hybridized carbons (Fsp3) is 0.500. The predicted molar refractivity (Wildman–Crippen MR) is 72.1 cm³/mol. The molecule has 0 fully saturated rings. The lowest BCUT2D eigenvalue weighted by Crippen LogP contribution is -2.12. The Hall–Kier alpha value is -1.51. The van der Waals surface area contributed by atoms with Gasteiger partial charge in [-0.25, -0.2) is 0 Å². The van der Waals surface area contributed by atoms with Crippen molar-refractivity contribution in [3.05, 3.63) is 23.8 Å². The summed E-state index contributed by atoms with van der Waals surface area (Å²) in [6, 6.07) is 6.08. The quantitative estimate of drug-likeness (QED) is 0.848. The number of ether oxygens (including phenoxy) is 1. The van der Waals surface area contributed by atoms with Gasteiger partial charge in [-0.2, -0.15) is 0 Å². The minimum Gasteiger partial charge on any atom is -0.497 e. The van der Waals surface area contributed by atoms with Crippen LogP contribution in [0.4, 0.5) is 5.69 Å². The fourth-order valence-electron chi connectivity index (χ4n) is 2.03. The molecule has 1 aliphatic rings. The van der Waals surface area contributed by atoms with Crippen LogP contribution in [0.2, 0.25) is 0 Å². The smallest absolute Gasteiger partial charge is 0.119 e. The van der Waals surface area contributed by atoms with Crippen molar-refractivity contribution in [2.24, 2.45) is 4.99 Å². The van der Waals surface area contributed by atoms with Crippen molar-refractivity contribution in [1.82, 2.24) is 0 Å². The molecule has 0 unspecified atom stereocenters. The molecule has 0 radical (unpaired) electrons. The number of nitrogens with zero attached hydrogens (tertiary/aromatic N) is 1. The molecule has 3 nitrogen and oxygen atoms in total. The van der Waals surface area contributed by atoms with E-state index in [0.29, 0.717) is 0 Å². The Balaban J connectivity index is 2.09. The van der Waals surface area contributed by atoms with Gasteiger partial charge >= 0.3 is 0 Å². The molecule has 0 saturated carbocycles. The molecule has 0 aromatic heterocycles. The first-order valence-corrected chi connectivity index (χ1v) is 6.24. The van der Waals surface area contributed by atoms with Gasteiger partial charge in [-0.15, -0.1) is 0 Å². The lowest BCUT2D eigenvalue weighted by Gasteiger charge is -2.12. The summed E-state index contributed by atoms with van der Waals surface area (Å²) in [4.78, 5) is 4.58. The van der Waals surface area contributed by atoms with Crippen LogP contribution in [0, 0.1) is 6.92 Å². The van der Waals surface area contributed by atoms with E-state index >= 15 is 0 Å². The molecule has 1 aromatic carbocycles. The maximum atomic E-state index is 5.20. The SMILES string of the molecule is COc1ccc(NC2=NCCCCC2)c(C)c1. The zero-order valence-electron chi connectivity index (χ0n) is 10.6. The number of rotatable bonds is 2. The minimum atomic E-state index is 0.899. The van der Waals surface area contributed by atoms with Crippen molar-refractivity contribution in [2.45, 2.75) is 32.6 Å². The Bertz CT molecular complexity index is 413. The Labute approximate surface area is 103 Å². The van der Waals surface area contributed by atoms with Gasteiger partial charge in [-0.3, -0.25) is 4.99 Å². The Morgan fingerprint density at radius 3 is 2.88 bits per heavy atom. The van der Waals surface area contributed by atoms with Gasteiger partial charge in [0.15, 0.2) is 0 Å². The molecule has 2 rings (SSSR count). The van der Waals surface area contributed by atoms with Gasteiger partial charge in [0, 0.05) is 18.7 Å². The van der Waals surface area contributed by atoms with Crippen molar-refractivity contribution in [3.63, 3.8) is 0 Å². The Morgan fingerprint density at radius 1 is 1.24 bits per heavy atom. The second-order valence-corrected chi connectivity index (χ2v) is 4.44. The number of anilines is 1. The highest BCUT2D eigenvalue weighted by Crippen LogP contribution is 2.22. The molecule has 0 saturated heterocycles. The van der Waals surface area contributed by atoms with Gasteiger partial charge in [0.1, 0.15) is 11.6 Å². The monoisotopic (exact) mass is 232 g/mol. The average Bonchev–Trinajstić information content (AvgIpc) is 2.60. The molecule has 3 heteroatoms. The summed E-state index contributed by atoms with van der Waals surface area (Å²) < 4.78 is 5.20. The second kappa shape index (κ2) is 5.71. The maximum Gasteiger partial charge on any atom is 0.119 e. The molecule has 0 aliphatic carbocycles. The van der Waals surface area contributed by atoms with Gasteiger partial charge < -0.3 is 10.1 Å². The molecular weight excluding hydrogens is 212 g/mol. The van der Waals surface area contributed by atoms with E-state index in [2.05, 4.69) is 23.3 Å². The van der Waals surface area contributed by atoms with Crippen molar-refractivity contribution in [1.29, 1.82) is 0 Å². The zero-order valence-corrected chi connectivity index (χ0v) is 10.6. The van der Waals surface area contributed by atoms with Crippen LogP contribution >= 0.6 is 0 Å². The molecule has 17 heavy (non-hydrogen) atoms. The summed E-state index contributed by atoms with van der Waals surface area (Å²) in [5.41, 5.74) is 2.32. The largest absolute Gasteiger partial charge is 0.497 e. The highest BCUT2D eigenvalue weighted by molar-refractivity contribution is 5.96. The molecule has 1 aromatic rings. The summed E-state index contributed by atoms with van der Waals surface area (Å²) in [5, 5.41) is 3.43. The number of nitrogens with one attached hydrogen (secondary N) is 1. The Morgan fingerprint density at radius 2 is 2.12 bits per heavy atom. The number of hydrogen-bond acceptors (Lipinski definition) is 3. The number of aryl methyl sites for hydroxylation is 1. The first-order chi connectivity index (χ1) is 8.29. The fourth-order valence-corrected chi connectivity index (χ4v) is 2.03. The van der Waals surface area contributed by atoms with Gasteiger partial charge in [-0.1, -0.05) is 6.42 Å². The van der Waals surface area contributed by atoms with Crippen molar-refractivity contribution in [3.8, 4) is 5.75 Å². The minimum absolute atomic E-state index is 0.899. The van der Waals surface area contributed by atoms with Gasteiger partial charge in [0.05, 0.1) is 7.11 Å². The first kappa shape index (κ1) is 12.0. The highest BCUT2D eigenvalue weighted by atomic mass is 16.5. The summed E-state index contributed by atoms with van der Waals surface area (Å²) in [6.07, 6.45) is 4.80. The van der Waals surface area contributed by atoms with Crippen molar-refractivity contribution >= 4 is 11.5 Å².